The molecule has 0 unspecified atom stereocenters. The van der Waals surface area contributed by atoms with E-state index in [1.54, 1.807) is 33.3 Å². The number of hydrogen-bond acceptors (Lipinski definition) is 6. The van der Waals surface area contributed by atoms with E-state index in [1.165, 1.54) is 33.8 Å². The summed E-state index contributed by atoms with van der Waals surface area (Å²) in [6, 6.07) is 13.4. The predicted octanol–water partition coefficient (Wildman–Crippen LogP) is 2.91. The molecule has 1 fully saturated rings. The van der Waals surface area contributed by atoms with Gasteiger partial charge in [0.1, 0.15) is 23.9 Å². The summed E-state index contributed by atoms with van der Waals surface area (Å²) in [6.45, 7) is 5.50. The summed E-state index contributed by atoms with van der Waals surface area (Å²) in [7, 11) is 4.92. The third-order valence-corrected chi connectivity index (χ3v) is 7.33. The van der Waals surface area contributed by atoms with Gasteiger partial charge in [-0.05, 0) is 42.9 Å². The van der Waals surface area contributed by atoms with Gasteiger partial charge in [-0.1, -0.05) is 56.3 Å². The SMILES string of the molecule is CC(=O)Oc1ccccc1C(=O)N[C@H](CC(C)C)C(=O)N1CCC[C@@H]1C(=O)N(C)[C@@H](Cc1ccccc1)C(=O)N(C)C. The van der Waals surface area contributed by atoms with Crippen LogP contribution in [0.15, 0.2) is 54.6 Å². The number of amides is 4. The van der Waals surface area contributed by atoms with Crippen molar-refractivity contribution in [1.82, 2.24) is 20.0 Å². The molecule has 1 saturated heterocycles. The molecule has 0 aliphatic carbocycles. The monoisotopic (exact) mass is 578 g/mol. The summed E-state index contributed by atoms with van der Waals surface area (Å²) in [5, 5.41) is 2.83. The quantitative estimate of drug-likeness (QED) is 0.324. The molecule has 10 nitrogen and oxygen atoms in total. The number of carbonyl (C=O) groups excluding carboxylic acids is 5. The number of likely N-dealkylation sites (N-methyl/N-ethyl adjacent to an activating group) is 2. The molecule has 0 spiro atoms. The van der Waals surface area contributed by atoms with Gasteiger partial charge in [-0.15, -0.1) is 0 Å². The minimum Gasteiger partial charge on any atom is -0.426 e. The summed E-state index contributed by atoms with van der Waals surface area (Å²) in [6.07, 6.45) is 1.77. The molecule has 0 saturated carbocycles. The molecule has 1 N–H and O–H groups in total. The third-order valence-electron chi connectivity index (χ3n) is 7.33. The smallest absolute Gasteiger partial charge is 0.308 e. The number of nitrogens with zero attached hydrogens (tertiary/aromatic N) is 3. The molecule has 0 bridgehead atoms. The second-order valence-electron chi connectivity index (χ2n) is 11.3. The lowest BCUT2D eigenvalue weighted by molar-refractivity contribution is -0.149. The Balaban J connectivity index is 1.83. The molecule has 4 amide bonds. The average molecular weight is 579 g/mol. The van der Waals surface area contributed by atoms with Crippen molar-refractivity contribution in [2.45, 2.75) is 64.6 Å². The highest BCUT2D eigenvalue weighted by Crippen LogP contribution is 2.24. The Bertz CT molecular complexity index is 1280. The maximum Gasteiger partial charge on any atom is 0.308 e. The van der Waals surface area contributed by atoms with E-state index in [1.807, 2.05) is 44.2 Å². The summed E-state index contributed by atoms with van der Waals surface area (Å²) in [5.74, 6) is -1.83. The van der Waals surface area contributed by atoms with Crippen molar-refractivity contribution in [3.8, 4) is 5.75 Å². The van der Waals surface area contributed by atoms with Gasteiger partial charge in [0.25, 0.3) is 5.91 Å². The van der Waals surface area contributed by atoms with E-state index in [0.717, 1.165) is 5.56 Å². The van der Waals surface area contributed by atoms with Crippen LogP contribution in [0.1, 0.15) is 56.0 Å². The second-order valence-corrected chi connectivity index (χ2v) is 11.3. The lowest BCUT2D eigenvalue weighted by Crippen LogP contribution is -2.57. The minimum absolute atomic E-state index is 0.0651. The van der Waals surface area contributed by atoms with Gasteiger partial charge in [-0.2, -0.15) is 0 Å². The summed E-state index contributed by atoms with van der Waals surface area (Å²) in [5.41, 5.74) is 1.06. The van der Waals surface area contributed by atoms with Crippen LogP contribution in [0.4, 0.5) is 0 Å². The van der Waals surface area contributed by atoms with Gasteiger partial charge in [0.2, 0.25) is 17.7 Å². The van der Waals surface area contributed by atoms with Gasteiger partial charge < -0.3 is 24.8 Å². The van der Waals surface area contributed by atoms with Crippen LogP contribution in [0.2, 0.25) is 0 Å². The Morgan fingerprint density at radius 1 is 0.976 bits per heavy atom. The van der Waals surface area contributed by atoms with Crippen molar-refractivity contribution in [2.75, 3.05) is 27.7 Å². The summed E-state index contributed by atoms with van der Waals surface area (Å²) < 4.78 is 5.19. The van der Waals surface area contributed by atoms with Crippen LogP contribution in [0.25, 0.3) is 0 Å². The van der Waals surface area contributed by atoms with Crippen LogP contribution in [-0.4, -0.2) is 90.1 Å². The molecule has 42 heavy (non-hydrogen) atoms. The molecule has 2 aromatic carbocycles. The van der Waals surface area contributed by atoms with Crippen molar-refractivity contribution < 1.29 is 28.7 Å². The first-order valence-corrected chi connectivity index (χ1v) is 14.3. The molecule has 0 radical (unpaired) electrons. The Morgan fingerprint density at radius 2 is 1.62 bits per heavy atom. The van der Waals surface area contributed by atoms with Crippen molar-refractivity contribution in [3.63, 3.8) is 0 Å². The summed E-state index contributed by atoms with van der Waals surface area (Å²) in [4.78, 5) is 70.3. The highest BCUT2D eigenvalue weighted by molar-refractivity contribution is 6.01. The molecule has 10 heteroatoms. The van der Waals surface area contributed by atoms with Crippen LogP contribution in [0, 0.1) is 5.92 Å². The lowest BCUT2D eigenvalue weighted by Gasteiger charge is -2.35. The van der Waals surface area contributed by atoms with Crippen LogP contribution in [-0.2, 0) is 25.6 Å². The molecule has 2 aromatic rings. The van der Waals surface area contributed by atoms with E-state index in [2.05, 4.69) is 5.32 Å². The first kappa shape index (κ1) is 32.3. The van der Waals surface area contributed by atoms with Crippen LogP contribution >= 0.6 is 0 Å². The highest BCUT2D eigenvalue weighted by Gasteiger charge is 2.41. The molecule has 3 rings (SSSR count). The molecule has 3 atom stereocenters. The molecular weight excluding hydrogens is 536 g/mol. The second kappa shape index (κ2) is 14.6. The van der Waals surface area contributed by atoms with Gasteiger partial charge in [-0.3, -0.25) is 24.0 Å². The minimum atomic E-state index is -0.898. The van der Waals surface area contributed by atoms with Gasteiger partial charge >= 0.3 is 5.97 Å². The van der Waals surface area contributed by atoms with E-state index >= 15 is 0 Å². The van der Waals surface area contributed by atoms with Crippen LogP contribution < -0.4 is 10.1 Å². The Kier molecular flexibility index (Phi) is 11.2. The topological polar surface area (TPSA) is 116 Å². The number of hydrogen-bond donors (Lipinski definition) is 1. The zero-order valence-electron chi connectivity index (χ0n) is 25.3. The maximum absolute atomic E-state index is 13.9. The van der Waals surface area contributed by atoms with E-state index in [-0.39, 0.29) is 35.0 Å². The van der Waals surface area contributed by atoms with Gasteiger partial charge in [0.05, 0.1) is 5.56 Å². The number of ether oxygens (including phenoxy) is 1. The zero-order valence-corrected chi connectivity index (χ0v) is 25.3. The van der Waals surface area contributed by atoms with Gasteiger partial charge in [-0.25, -0.2) is 0 Å². The van der Waals surface area contributed by atoms with E-state index in [4.69, 9.17) is 4.74 Å². The Labute approximate surface area is 248 Å². The Hall–Kier alpha value is -4.21. The molecule has 1 heterocycles. The standard InChI is InChI=1S/C32H42N4O6/c1-21(2)19-25(33-29(38)24-15-10-11-17-28(24)42-22(3)37)30(39)36-18-12-16-26(36)32(41)35(6)27(31(40)34(4)5)20-23-13-8-7-9-14-23/h7-11,13-15,17,21,25-27H,12,16,18-20H2,1-6H3,(H,33,38)/t25-,26-,27+/m1/s1. The number of esters is 1. The fourth-order valence-corrected chi connectivity index (χ4v) is 5.23. The van der Waals surface area contributed by atoms with Gasteiger partial charge in [0, 0.05) is 41.0 Å². The molecule has 1 aliphatic rings. The van der Waals surface area contributed by atoms with Crippen LogP contribution in [0.3, 0.4) is 0 Å². The fraction of sp³-hybridized carbons (Fsp3) is 0.469. The number of likely N-dealkylation sites (tertiary alicyclic amines) is 1. The predicted molar refractivity (Wildman–Crippen MR) is 159 cm³/mol. The number of nitrogens with one attached hydrogen (secondary N) is 1. The molecular formula is C32H42N4O6. The van der Waals surface area contributed by atoms with E-state index in [9.17, 15) is 24.0 Å². The number of rotatable bonds is 11. The molecule has 1 aliphatic heterocycles. The highest BCUT2D eigenvalue weighted by atomic mass is 16.5. The van der Waals surface area contributed by atoms with Crippen molar-refractivity contribution >= 4 is 29.6 Å². The van der Waals surface area contributed by atoms with E-state index in [0.29, 0.717) is 32.2 Å². The number of benzene rings is 2. The van der Waals surface area contributed by atoms with Crippen molar-refractivity contribution in [2.24, 2.45) is 5.92 Å². The summed E-state index contributed by atoms with van der Waals surface area (Å²) >= 11 is 0. The zero-order chi connectivity index (χ0) is 31.0. The number of carbonyl (C=O) groups is 5. The Morgan fingerprint density at radius 3 is 2.24 bits per heavy atom. The first-order chi connectivity index (χ1) is 19.9. The lowest BCUT2D eigenvalue weighted by atomic mass is 10.0. The average Bonchev–Trinajstić information content (AvgIpc) is 3.44. The van der Waals surface area contributed by atoms with Crippen molar-refractivity contribution in [1.29, 1.82) is 0 Å². The normalized spacial score (nSPS) is 16.0. The maximum atomic E-state index is 13.9. The first-order valence-electron chi connectivity index (χ1n) is 14.3. The van der Waals surface area contributed by atoms with E-state index < -0.39 is 30.0 Å². The van der Waals surface area contributed by atoms with Crippen molar-refractivity contribution in [3.05, 3.63) is 65.7 Å². The largest absolute Gasteiger partial charge is 0.426 e. The molecule has 0 aromatic heterocycles. The third kappa shape index (κ3) is 8.18. The fourth-order valence-electron chi connectivity index (χ4n) is 5.23. The number of para-hydroxylation sites is 1. The van der Waals surface area contributed by atoms with Crippen LogP contribution in [0.5, 0.6) is 5.75 Å². The molecule has 226 valence electrons. The van der Waals surface area contributed by atoms with Gasteiger partial charge in [0.15, 0.2) is 0 Å².